The number of rotatable bonds is 4. The second kappa shape index (κ2) is 6.70. The fourth-order valence-corrected chi connectivity index (χ4v) is 3.44. The quantitative estimate of drug-likeness (QED) is 0.910. The highest BCUT2D eigenvalue weighted by Gasteiger charge is 2.34. The van der Waals surface area contributed by atoms with Gasteiger partial charge in [-0.1, -0.05) is 27.7 Å². The Hall–Kier alpha value is -2.44. The van der Waals surface area contributed by atoms with Crippen molar-refractivity contribution in [1.29, 1.82) is 0 Å². The third-order valence-corrected chi connectivity index (χ3v) is 4.72. The number of nitrogens with zero attached hydrogens (tertiary/aromatic N) is 4. The number of carbonyl (C=O) groups excluding carboxylic acids is 1. The molecular formula is C19H27N5O2. The number of amides is 1. The molecule has 2 aromatic heterocycles. The van der Waals surface area contributed by atoms with E-state index in [-0.39, 0.29) is 16.9 Å². The largest absolute Gasteiger partial charge is 0.338 e. The van der Waals surface area contributed by atoms with Crippen molar-refractivity contribution in [3.63, 3.8) is 0 Å². The molecule has 3 heterocycles. The summed E-state index contributed by atoms with van der Waals surface area (Å²) in [7, 11) is 0. The van der Waals surface area contributed by atoms with Crippen molar-refractivity contribution < 1.29 is 4.79 Å². The number of hydrogen-bond acceptors (Lipinski definition) is 4. The number of carbonyl (C=O) groups is 1. The van der Waals surface area contributed by atoms with Gasteiger partial charge in [-0.15, -0.1) is 0 Å². The molecule has 3 rings (SSSR count). The van der Waals surface area contributed by atoms with E-state index in [1.165, 1.54) is 6.07 Å². The number of likely N-dealkylation sites (tertiary alicyclic amines) is 1. The summed E-state index contributed by atoms with van der Waals surface area (Å²) < 4.78 is 1.60. The molecule has 1 aliphatic heterocycles. The highest BCUT2D eigenvalue weighted by atomic mass is 16.2. The average Bonchev–Trinajstić information content (AvgIpc) is 3.08. The van der Waals surface area contributed by atoms with Crippen LogP contribution in [-0.4, -0.2) is 43.6 Å². The van der Waals surface area contributed by atoms with Crippen molar-refractivity contribution in [1.82, 2.24) is 24.6 Å². The maximum absolute atomic E-state index is 13.1. The van der Waals surface area contributed by atoms with Crippen molar-refractivity contribution in [2.45, 2.75) is 47.5 Å². The standard InChI is InChI=1S/C19H27N5O2/c1-12(2)8-15-14(17(26)23-7-6-19(4,5)11-23)10-20-24(15)18-21-13(3)9-16(25)22-18/h9-10,12H,6-8,11H2,1-5H3,(H,21,22,25). The molecule has 0 aromatic carbocycles. The van der Waals surface area contributed by atoms with E-state index in [9.17, 15) is 9.59 Å². The molecule has 0 unspecified atom stereocenters. The van der Waals surface area contributed by atoms with Crippen molar-refractivity contribution in [2.24, 2.45) is 11.3 Å². The number of aryl methyl sites for hydroxylation is 1. The second-order valence-electron chi connectivity index (χ2n) is 8.37. The molecule has 0 atom stereocenters. The first-order chi connectivity index (χ1) is 12.2. The molecule has 1 aliphatic rings. The predicted molar refractivity (Wildman–Crippen MR) is 99.6 cm³/mol. The van der Waals surface area contributed by atoms with Gasteiger partial charge in [0.25, 0.3) is 11.5 Å². The van der Waals surface area contributed by atoms with Crippen LogP contribution in [0.1, 0.15) is 55.9 Å². The van der Waals surface area contributed by atoms with Crippen LogP contribution < -0.4 is 5.56 Å². The first-order valence-electron chi connectivity index (χ1n) is 9.11. The zero-order valence-corrected chi connectivity index (χ0v) is 16.2. The van der Waals surface area contributed by atoms with Gasteiger partial charge < -0.3 is 4.90 Å². The highest BCUT2D eigenvalue weighted by Crippen LogP contribution is 2.30. The summed E-state index contributed by atoms with van der Waals surface area (Å²) in [5.41, 5.74) is 1.92. The molecule has 7 heteroatoms. The van der Waals surface area contributed by atoms with Gasteiger partial charge in [0, 0.05) is 24.8 Å². The minimum Gasteiger partial charge on any atom is -0.338 e. The number of aromatic amines is 1. The highest BCUT2D eigenvalue weighted by molar-refractivity contribution is 5.95. The molecule has 1 fully saturated rings. The normalized spacial score (nSPS) is 16.5. The Morgan fingerprint density at radius 2 is 2.12 bits per heavy atom. The molecule has 1 amide bonds. The molecular weight excluding hydrogens is 330 g/mol. The van der Waals surface area contributed by atoms with Crippen LogP contribution in [0.25, 0.3) is 5.95 Å². The molecule has 0 spiro atoms. The van der Waals surface area contributed by atoms with Gasteiger partial charge in [0.15, 0.2) is 0 Å². The third kappa shape index (κ3) is 3.71. The Kier molecular flexibility index (Phi) is 4.73. The first-order valence-corrected chi connectivity index (χ1v) is 9.11. The number of nitrogens with one attached hydrogen (secondary N) is 1. The Morgan fingerprint density at radius 3 is 2.69 bits per heavy atom. The Labute approximate surface area is 153 Å². The predicted octanol–water partition coefficient (Wildman–Crippen LogP) is 2.33. The number of hydrogen-bond donors (Lipinski definition) is 1. The van der Waals surface area contributed by atoms with Crippen molar-refractivity contribution in [3.05, 3.63) is 39.6 Å². The van der Waals surface area contributed by atoms with Crippen LogP contribution in [-0.2, 0) is 6.42 Å². The van der Waals surface area contributed by atoms with Crippen LogP contribution in [0.15, 0.2) is 17.1 Å². The lowest BCUT2D eigenvalue weighted by Crippen LogP contribution is -2.31. The minimum absolute atomic E-state index is 0.00692. The van der Waals surface area contributed by atoms with Crippen LogP contribution in [0.4, 0.5) is 0 Å². The van der Waals surface area contributed by atoms with Gasteiger partial charge in [-0.05, 0) is 31.1 Å². The van der Waals surface area contributed by atoms with Crippen LogP contribution in [0, 0.1) is 18.3 Å². The molecule has 140 valence electrons. The smallest absolute Gasteiger partial charge is 0.257 e. The van der Waals surface area contributed by atoms with E-state index in [4.69, 9.17) is 0 Å². The number of H-pyrrole nitrogens is 1. The van der Waals surface area contributed by atoms with E-state index in [0.717, 1.165) is 25.2 Å². The zero-order chi connectivity index (χ0) is 19.1. The molecule has 0 saturated carbocycles. The lowest BCUT2D eigenvalue weighted by molar-refractivity contribution is 0.0777. The zero-order valence-electron chi connectivity index (χ0n) is 16.2. The second-order valence-corrected chi connectivity index (χ2v) is 8.37. The molecule has 0 radical (unpaired) electrons. The Balaban J connectivity index is 2.02. The fourth-order valence-electron chi connectivity index (χ4n) is 3.44. The van der Waals surface area contributed by atoms with Crippen molar-refractivity contribution >= 4 is 5.91 Å². The van der Waals surface area contributed by atoms with E-state index in [0.29, 0.717) is 29.5 Å². The van der Waals surface area contributed by atoms with E-state index in [1.807, 2.05) is 4.90 Å². The van der Waals surface area contributed by atoms with Crippen molar-refractivity contribution in [2.75, 3.05) is 13.1 Å². The van der Waals surface area contributed by atoms with E-state index < -0.39 is 0 Å². The Morgan fingerprint density at radius 1 is 1.38 bits per heavy atom. The van der Waals surface area contributed by atoms with Crippen LogP contribution in [0.2, 0.25) is 0 Å². The van der Waals surface area contributed by atoms with Gasteiger partial charge >= 0.3 is 0 Å². The van der Waals surface area contributed by atoms with Gasteiger partial charge in [0.05, 0.1) is 17.5 Å². The molecule has 7 nitrogen and oxygen atoms in total. The first kappa shape index (κ1) is 18.4. The van der Waals surface area contributed by atoms with Gasteiger partial charge in [-0.3, -0.25) is 14.6 Å². The average molecular weight is 357 g/mol. The monoisotopic (exact) mass is 357 g/mol. The topological polar surface area (TPSA) is 83.9 Å². The molecule has 0 bridgehead atoms. The van der Waals surface area contributed by atoms with Crippen LogP contribution in [0.3, 0.4) is 0 Å². The van der Waals surface area contributed by atoms with Crippen molar-refractivity contribution in [3.8, 4) is 5.95 Å². The molecule has 1 N–H and O–H groups in total. The third-order valence-electron chi connectivity index (χ3n) is 4.72. The maximum Gasteiger partial charge on any atom is 0.257 e. The molecule has 26 heavy (non-hydrogen) atoms. The summed E-state index contributed by atoms with van der Waals surface area (Å²) in [5, 5.41) is 4.39. The van der Waals surface area contributed by atoms with Gasteiger partial charge in [0.1, 0.15) is 0 Å². The fraction of sp³-hybridized carbons (Fsp3) is 0.579. The van der Waals surface area contributed by atoms with Gasteiger partial charge in [-0.25, -0.2) is 9.67 Å². The summed E-state index contributed by atoms with van der Waals surface area (Å²) in [6, 6.07) is 1.44. The molecule has 1 saturated heterocycles. The SMILES string of the molecule is Cc1cc(=O)[nH]c(-n2ncc(C(=O)N3CCC(C)(C)C3)c2CC(C)C)n1. The number of aromatic nitrogens is 4. The van der Waals surface area contributed by atoms with Gasteiger partial charge in [-0.2, -0.15) is 5.10 Å². The van der Waals surface area contributed by atoms with Crippen LogP contribution in [0.5, 0.6) is 0 Å². The Bertz CT molecular complexity index is 878. The summed E-state index contributed by atoms with van der Waals surface area (Å²) in [5.74, 6) is 0.697. The lowest BCUT2D eigenvalue weighted by atomic mass is 9.93. The summed E-state index contributed by atoms with van der Waals surface area (Å²) >= 11 is 0. The summed E-state index contributed by atoms with van der Waals surface area (Å²) in [6.45, 7) is 11.8. The van der Waals surface area contributed by atoms with E-state index in [1.54, 1.807) is 17.8 Å². The maximum atomic E-state index is 13.1. The lowest BCUT2D eigenvalue weighted by Gasteiger charge is -2.20. The summed E-state index contributed by atoms with van der Waals surface area (Å²) in [6.07, 6.45) is 3.28. The molecule has 2 aromatic rings. The van der Waals surface area contributed by atoms with E-state index in [2.05, 4.69) is 42.8 Å². The van der Waals surface area contributed by atoms with Crippen LogP contribution >= 0.6 is 0 Å². The summed E-state index contributed by atoms with van der Waals surface area (Å²) in [4.78, 5) is 33.9. The van der Waals surface area contributed by atoms with Gasteiger partial charge in [0.2, 0.25) is 5.95 Å². The minimum atomic E-state index is -0.229. The van der Waals surface area contributed by atoms with E-state index >= 15 is 0 Å². The molecule has 0 aliphatic carbocycles.